The highest BCUT2D eigenvalue weighted by Gasteiger charge is 2.52. The Morgan fingerprint density at radius 1 is 1.00 bits per heavy atom. The Hall–Kier alpha value is -0.680. The van der Waals surface area contributed by atoms with Gasteiger partial charge in [0.1, 0.15) is 0 Å². The van der Waals surface area contributed by atoms with Crippen LogP contribution in [0.5, 0.6) is 0 Å². The summed E-state index contributed by atoms with van der Waals surface area (Å²) in [5, 5.41) is 0. The van der Waals surface area contributed by atoms with E-state index in [1.165, 1.54) is 4.90 Å². The molecule has 1 saturated carbocycles. The van der Waals surface area contributed by atoms with Gasteiger partial charge in [-0.15, -0.1) is 0 Å². The first kappa shape index (κ1) is 15.2. The van der Waals surface area contributed by atoms with Crippen LogP contribution in [0.3, 0.4) is 0 Å². The fourth-order valence-corrected chi connectivity index (χ4v) is 4.53. The number of hydrogen-bond acceptors (Lipinski definition) is 2. The molecule has 1 heterocycles. The zero-order valence-electron chi connectivity index (χ0n) is 12.0. The average molecular weight is 415 g/mol. The zero-order valence-corrected chi connectivity index (χ0v) is 15.1. The molecule has 2 amide bonds. The first-order valence-electron chi connectivity index (χ1n) is 7.13. The van der Waals surface area contributed by atoms with Crippen LogP contribution in [0, 0.1) is 25.7 Å². The van der Waals surface area contributed by atoms with Crippen molar-refractivity contribution < 1.29 is 9.59 Å². The van der Waals surface area contributed by atoms with Gasteiger partial charge in [0.05, 0.1) is 17.5 Å². The lowest BCUT2D eigenvalue weighted by Crippen LogP contribution is -2.34. The van der Waals surface area contributed by atoms with Crippen LogP contribution in [0.1, 0.15) is 24.0 Å². The van der Waals surface area contributed by atoms with E-state index in [0.29, 0.717) is 12.8 Å². The molecule has 0 N–H and O–H groups in total. The third-order valence-electron chi connectivity index (χ3n) is 4.52. The third-order valence-corrected chi connectivity index (χ3v) is 7.25. The summed E-state index contributed by atoms with van der Waals surface area (Å²) in [6.45, 7) is 3.92. The van der Waals surface area contributed by atoms with Gasteiger partial charge in [-0.1, -0.05) is 44.0 Å². The molecule has 1 aromatic carbocycles. The van der Waals surface area contributed by atoms with Gasteiger partial charge >= 0.3 is 0 Å². The predicted octanol–water partition coefficient (Wildman–Crippen LogP) is 3.73. The predicted molar refractivity (Wildman–Crippen MR) is 90.1 cm³/mol. The van der Waals surface area contributed by atoms with Gasteiger partial charge in [0.15, 0.2) is 0 Å². The second-order valence-corrected chi connectivity index (χ2v) is 8.37. The highest BCUT2D eigenvalue weighted by atomic mass is 79.9. The van der Waals surface area contributed by atoms with E-state index in [-0.39, 0.29) is 33.3 Å². The largest absolute Gasteiger partial charge is 0.274 e. The molecule has 5 heteroatoms. The normalized spacial score (nSPS) is 32.5. The Kier molecular flexibility index (Phi) is 3.99. The van der Waals surface area contributed by atoms with E-state index in [1.807, 2.05) is 32.0 Å². The number of carbonyl (C=O) groups excluding carboxylic acids is 2. The molecule has 3 nitrogen and oxygen atoms in total. The summed E-state index contributed by atoms with van der Waals surface area (Å²) in [6, 6.07) is 5.90. The number of alkyl halides is 2. The second kappa shape index (κ2) is 5.51. The highest BCUT2D eigenvalue weighted by molar-refractivity contribution is 9.12. The number of carbonyl (C=O) groups is 2. The smallest absolute Gasteiger partial charge is 0.237 e. The van der Waals surface area contributed by atoms with Crippen LogP contribution < -0.4 is 4.90 Å². The quantitative estimate of drug-likeness (QED) is 0.518. The van der Waals surface area contributed by atoms with Crippen LogP contribution in [-0.2, 0) is 9.59 Å². The number of hydrogen-bond donors (Lipinski definition) is 0. The molecule has 1 aliphatic carbocycles. The number of rotatable bonds is 1. The Bertz CT molecular complexity index is 588. The number of imide groups is 1. The molecule has 1 aromatic rings. The van der Waals surface area contributed by atoms with Crippen LogP contribution in [0.15, 0.2) is 18.2 Å². The first-order chi connectivity index (χ1) is 9.90. The van der Waals surface area contributed by atoms with Gasteiger partial charge in [-0.05, 0) is 43.9 Å². The number of halogens is 2. The topological polar surface area (TPSA) is 37.4 Å². The molecule has 0 unspecified atom stereocenters. The lowest BCUT2D eigenvalue weighted by atomic mass is 9.81. The number of amides is 2. The van der Waals surface area contributed by atoms with E-state index < -0.39 is 0 Å². The van der Waals surface area contributed by atoms with Crippen LogP contribution in [0.4, 0.5) is 5.69 Å². The minimum atomic E-state index is -0.185. The molecule has 0 spiro atoms. The number of benzene rings is 1. The third kappa shape index (κ3) is 2.48. The Morgan fingerprint density at radius 2 is 1.52 bits per heavy atom. The van der Waals surface area contributed by atoms with Crippen molar-refractivity contribution in [3.05, 3.63) is 29.3 Å². The summed E-state index contributed by atoms with van der Waals surface area (Å²) in [5.41, 5.74) is 2.77. The maximum atomic E-state index is 12.7. The Labute approximate surface area is 141 Å². The molecule has 2 fully saturated rings. The van der Waals surface area contributed by atoms with Crippen LogP contribution in [0.25, 0.3) is 0 Å². The lowest BCUT2D eigenvalue weighted by Gasteiger charge is -2.29. The number of fused-ring (bicyclic) bond motifs is 1. The summed E-state index contributed by atoms with van der Waals surface area (Å²) >= 11 is 7.22. The van der Waals surface area contributed by atoms with Crippen LogP contribution in [0.2, 0.25) is 0 Å². The lowest BCUT2D eigenvalue weighted by molar-refractivity contribution is -0.122. The zero-order chi connectivity index (χ0) is 15.3. The molecule has 1 saturated heterocycles. The van der Waals surface area contributed by atoms with Crippen molar-refractivity contribution >= 4 is 49.4 Å². The number of nitrogens with zero attached hydrogens (tertiary/aromatic N) is 1. The highest BCUT2D eigenvalue weighted by Crippen LogP contribution is 2.44. The minimum Gasteiger partial charge on any atom is -0.274 e. The minimum absolute atomic E-state index is 0.0393. The summed E-state index contributed by atoms with van der Waals surface area (Å²) in [7, 11) is 0. The monoisotopic (exact) mass is 413 g/mol. The second-order valence-electron chi connectivity index (χ2n) is 6.02. The SMILES string of the molecule is Cc1ccc(C)c(N2C(=O)[C@@H]3C[C@@H](Br)[C@@H](Br)C[C@H]3C2=O)c1. The standard InChI is InChI=1S/C16H17Br2NO2/c1-8-3-4-9(2)14(5-8)19-15(20)10-6-12(17)13(18)7-11(10)16(19)21/h3-5,10-13H,6-7H2,1-2H3/t10-,11-,12-,13+/m1/s1. The summed E-state index contributed by atoms with van der Waals surface area (Å²) in [5.74, 6) is -0.448. The number of aryl methyl sites for hydroxylation is 2. The van der Waals surface area contributed by atoms with Gasteiger partial charge in [-0.3, -0.25) is 9.59 Å². The molecule has 21 heavy (non-hydrogen) atoms. The van der Waals surface area contributed by atoms with E-state index in [4.69, 9.17) is 0 Å². The van der Waals surface area contributed by atoms with Crippen molar-refractivity contribution in [1.82, 2.24) is 0 Å². The summed E-state index contributed by atoms with van der Waals surface area (Å²) in [6.07, 6.45) is 1.43. The number of anilines is 1. The van der Waals surface area contributed by atoms with E-state index in [1.54, 1.807) is 0 Å². The molecule has 0 radical (unpaired) electrons. The van der Waals surface area contributed by atoms with Crippen LogP contribution in [-0.4, -0.2) is 21.5 Å². The van der Waals surface area contributed by atoms with Crippen molar-refractivity contribution in [3.63, 3.8) is 0 Å². The maximum absolute atomic E-state index is 12.7. The maximum Gasteiger partial charge on any atom is 0.237 e. The van der Waals surface area contributed by atoms with Gasteiger partial charge in [-0.2, -0.15) is 0 Å². The fourth-order valence-electron chi connectivity index (χ4n) is 3.29. The Balaban J connectivity index is 2.00. The van der Waals surface area contributed by atoms with Gasteiger partial charge in [0.2, 0.25) is 11.8 Å². The van der Waals surface area contributed by atoms with Gasteiger partial charge in [0, 0.05) is 9.65 Å². The van der Waals surface area contributed by atoms with Crippen molar-refractivity contribution in [2.75, 3.05) is 4.90 Å². The molecule has 1 aliphatic heterocycles. The van der Waals surface area contributed by atoms with Crippen LogP contribution >= 0.6 is 31.9 Å². The van der Waals surface area contributed by atoms with Crippen molar-refractivity contribution in [2.24, 2.45) is 11.8 Å². The van der Waals surface area contributed by atoms with E-state index in [2.05, 4.69) is 31.9 Å². The molecular formula is C16H17Br2NO2. The van der Waals surface area contributed by atoms with Crippen molar-refractivity contribution in [2.45, 2.75) is 36.3 Å². The average Bonchev–Trinajstić information content (AvgIpc) is 2.66. The fraction of sp³-hybridized carbons (Fsp3) is 0.500. The van der Waals surface area contributed by atoms with E-state index in [0.717, 1.165) is 16.8 Å². The molecular weight excluding hydrogens is 398 g/mol. The van der Waals surface area contributed by atoms with Crippen molar-refractivity contribution in [1.29, 1.82) is 0 Å². The molecule has 112 valence electrons. The van der Waals surface area contributed by atoms with Gasteiger partial charge < -0.3 is 0 Å². The van der Waals surface area contributed by atoms with E-state index in [9.17, 15) is 9.59 Å². The molecule has 3 rings (SSSR count). The Morgan fingerprint density at radius 3 is 2.05 bits per heavy atom. The molecule has 0 aromatic heterocycles. The molecule has 4 atom stereocenters. The summed E-state index contributed by atoms with van der Waals surface area (Å²) < 4.78 is 0. The van der Waals surface area contributed by atoms with Crippen molar-refractivity contribution in [3.8, 4) is 0 Å². The van der Waals surface area contributed by atoms with Gasteiger partial charge in [-0.25, -0.2) is 4.90 Å². The molecule has 0 bridgehead atoms. The summed E-state index contributed by atoms with van der Waals surface area (Å²) in [4.78, 5) is 27.4. The molecule has 2 aliphatic rings. The van der Waals surface area contributed by atoms with E-state index >= 15 is 0 Å². The van der Waals surface area contributed by atoms with Gasteiger partial charge in [0.25, 0.3) is 0 Å². The first-order valence-corrected chi connectivity index (χ1v) is 8.96.